The number of esters is 1. The van der Waals surface area contributed by atoms with E-state index < -0.39 is 10.6 Å². The van der Waals surface area contributed by atoms with Crippen LogP contribution >= 0.6 is 11.8 Å². The molecule has 0 aromatic carbocycles. The van der Waals surface area contributed by atoms with E-state index in [2.05, 4.69) is 4.98 Å². The Bertz CT molecular complexity index is 1080. The standard InChI is InChI=1S/C20H16FN3O2S/c1-26-19(25)20(7-2-8-20)27-17-5-9-23-12-14(17)16-4-3-13(11-22)18-15(21)6-10-24(16)18/h3-6,9-10,12H,2,7-8H2,1H3. The van der Waals surface area contributed by atoms with Crippen molar-refractivity contribution in [2.45, 2.75) is 28.9 Å². The Morgan fingerprint density at radius 3 is 2.85 bits per heavy atom. The van der Waals surface area contributed by atoms with Crippen molar-refractivity contribution in [3.63, 3.8) is 0 Å². The Balaban J connectivity index is 1.85. The molecule has 3 aromatic heterocycles. The monoisotopic (exact) mass is 381 g/mol. The lowest BCUT2D eigenvalue weighted by Crippen LogP contribution is -2.42. The fourth-order valence-corrected chi connectivity index (χ4v) is 4.88. The van der Waals surface area contributed by atoms with E-state index in [0.29, 0.717) is 5.69 Å². The lowest BCUT2D eigenvalue weighted by Gasteiger charge is -2.38. The largest absolute Gasteiger partial charge is 0.468 e. The summed E-state index contributed by atoms with van der Waals surface area (Å²) < 4.78 is 20.3. The van der Waals surface area contributed by atoms with Crippen LogP contribution in [0.25, 0.3) is 16.8 Å². The molecule has 0 saturated heterocycles. The van der Waals surface area contributed by atoms with Crippen molar-refractivity contribution < 1.29 is 13.9 Å². The lowest BCUT2D eigenvalue weighted by atomic mass is 9.84. The molecule has 27 heavy (non-hydrogen) atoms. The molecule has 0 spiro atoms. The molecule has 3 aromatic rings. The predicted octanol–water partition coefficient (Wildman–Crippen LogP) is 4.20. The van der Waals surface area contributed by atoms with E-state index in [1.807, 2.05) is 12.1 Å². The molecule has 0 bridgehead atoms. The fourth-order valence-electron chi connectivity index (χ4n) is 3.40. The quantitative estimate of drug-likeness (QED) is 0.634. The van der Waals surface area contributed by atoms with Gasteiger partial charge in [-0.2, -0.15) is 5.26 Å². The maximum atomic E-state index is 14.2. The summed E-state index contributed by atoms with van der Waals surface area (Å²) in [4.78, 5) is 17.4. The van der Waals surface area contributed by atoms with Crippen LogP contribution in [0.15, 0.2) is 47.8 Å². The van der Waals surface area contributed by atoms with Crippen molar-refractivity contribution in [2.24, 2.45) is 0 Å². The highest BCUT2D eigenvalue weighted by Crippen LogP contribution is 2.50. The van der Waals surface area contributed by atoms with Crippen molar-refractivity contribution in [3.05, 3.63) is 54.2 Å². The van der Waals surface area contributed by atoms with Gasteiger partial charge >= 0.3 is 5.97 Å². The Morgan fingerprint density at radius 1 is 1.37 bits per heavy atom. The number of fused-ring (bicyclic) bond motifs is 1. The highest BCUT2D eigenvalue weighted by atomic mass is 32.2. The van der Waals surface area contributed by atoms with Crippen LogP contribution in [0.4, 0.5) is 4.39 Å². The molecule has 1 saturated carbocycles. The van der Waals surface area contributed by atoms with E-state index in [-0.39, 0.29) is 17.0 Å². The number of thioether (sulfide) groups is 1. The second-order valence-corrected chi connectivity index (χ2v) is 7.87. The maximum Gasteiger partial charge on any atom is 0.322 e. The number of nitriles is 1. The van der Waals surface area contributed by atoms with Crippen LogP contribution in [0.5, 0.6) is 0 Å². The number of carbonyl (C=O) groups excluding carboxylic acids is 1. The number of nitrogens with zero attached hydrogens (tertiary/aromatic N) is 3. The van der Waals surface area contributed by atoms with Crippen LogP contribution in [0, 0.1) is 17.1 Å². The second kappa shape index (κ2) is 6.71. The molecule has 7 heteroatoms. The van der Waals surface area contributed by atoms with Crippen LogP contribution in [0.3, 0.4) is 0 Å². The van der Waals surface area contributed by atoms with E-state index in [0.717, 1.165) is 29.7 Å². The summed E-state index contributed by atoms with van der Waals surface area (Å²) >= 11 is 1.47. The minimum atomic E-state index is -0.585. The summed E-state index contributed by atoms with van der Waals surface area (Å²) in [5.41, 5.74) is 2.00. The molecule has 0 aliphatic heterocycles. The van der Waals surface area contributed by atoms with E-state index in [1.54, 1.807) is 35.1 Å². The number of hydrogen-bond donors (Lipinski definition) is 0. The summed E-state index contributed by atoms with van der Waals surface area (Å²) in [7, 11) is 1.41. The van der Waals surface area contributed by atoms with Gasteiger partial charge in [0.05, 0.1) is 23.9 Å². The molecule has 4 rings (SSSR count). The van der Waals surface area contributed by atoms with Gasteiger partial charge in [0, 0.05) is 29.0 Å². The Hall–Kier alpha value is -2.85. The first-order chi connectivity index (χ1) is 13.1. The summed E-state index contributed by atoms with van der Waals surface area (Å²) in [5, 5.41) is 9.28. The predicted molar refractivity (Wildman–Crippen MR) is 99.8 cm³/mol. The summed E-state index contributed by atoms with van der Waals surface area (Å²) in [5.74, 6) is -0.671. The third-order valence-electron chi connectivity index (χ3n) is 4.96. The molecule has 1 aliphatic rings. The van der Waals surface area contributed by atoms with Gasteiger partial charge in [-0.25, -0.2) is 4.39 Å². The maximum absolute atomic E-state index is 14.2. The third kappa shape index (κ3) is 2.77. The molecule has 3 heterocycles. The zero-order valence-electron chi connectivity index (χ0n) is 14.6. The SMILES string of the molecule is COC(=O)C1(Sc2ccncc2-c2ccc(C#N)c3c(F)ccn23)CCC1. The first-order valence-corrected chi connectivity index (χ1v) is 9.33. The molecular formula is C20H16FN3O2S. The molecule has 0 unspecified atom stereocenters. The van der Waals surface area contributed by atoms with Gasteiger partial charge in [0.2, 0.25) is 0 Å². The van der Waals surface area contributed by atoms with Crippen molar-refractivity contribution >= 4 is 23.2 Å². The summed E-state index contributed by atoms with van der Waals surface area (Å²) in [6.45, 7) is 0. The molecule has 1 aliphatic carbocycles. The average Bonchev–Trinajstić information content (AvgIpc) is 3.06. The lowest BCUT2D eigenvalue weighted by molar-refractivity contribution is -0.145. The highest BCUT2D eigenvalue weighted by molar-refractivity contribution is 8.01. The Kier molecular flexibility index (Phi) is 4.36. The number of hydrogen-bond acceptors (Lipinski definition) is 5. The summed E-state index contributed by atoms with van der Waals surface area (Å²) in [6, 6.07) is 8.60. The zero-order valence-corrected chi connectivity index (χ0v) is 15.4. The van der Waals surface area contributed by atoms with Crippen LogP contribution in [-0.4, -0.2) is 27.2 Å². The topological polar surface area (TPSA) is 67.4 Å². The number of ether oxygens (including phenoxy) is 1. The van der Waals surface area contributed by atoms with Gasteiger partial charge in [-0.05, 0) is 43.5 Å². The van der Waals surface area contributed by atoms with Gasteiger partial charge in [-0.15, -0.1) is 11.8 Å². The van der Waals surface area contributed by atoms with E-state index >= 15 is 0 Å². The number of aromatic nitrogens is 2. The Morgan fingerprint density at radius 2 is 2.19 bits per heavy atom. The van der Waals surface area contributed by atoms with Crippen molar-refractivity contribution in [3.8, 4) is 17.3 Å². The van der Waals surface area contributed by atoms with E-state index in [9.17, 15) is 14.4 Å². The number of rotatable bonds is 4. The van der Waals surface area contributed by atoms with Gasteiger partial charge in [0.15, 0.2) is 0 Å². The van der Waals surface area contributed by atoms with Crippen LogP contribution in [-0.2, 0) is 9.53 Å². The smallest absolute Gasteiger partial charge is 0.322 e. The first kappa shape index (κ1) is 17.6. The zero-order chi connectivity index (χ0) is 19.0. The van der Waals surface area contributed by atoms with E-state index in [4.69, 9.17) is 4.74 Å². The number of methoxy groups -OCH3 is 1. The van der Waals surface area contributed by atoms with Crippen molar-refractivity contribution in [1.29, 1.82) is 5.26 Å². The fraction of sp³-hybridized carbons (Fsp3) is 0.250. The molecule has 0 N–H and O–H groups in total. The van der Waals surface area contributed by atoms with Gasteiger partial charge < -0.3 is 9.14 Å². The number of pyridine rings is 2. The molecule has 0 radical (unpaired) electrons. The van der Waals surface area contributed by atoms with Gasteiger partial charge in [-0.3, -0.25) is 9.78 Å². The van der Waals surface area contributed by atoms with Gasteiger partial charge in [0.25, 0.3) is 0 Å². The minimum absolute atomic E-state index is 0.224. The van der Waals surface area contributed by atoms with Gasteiger partial charge in [0.1, 0.15) is 16.6 Å². The molecule has 5 nitrogen and oxygen atoms in total. The van der Waals surface area contributed by atoms with Crippen molar-refractivity contribution in [2.75, 3.05) is 7.11 Å². The number of halogens is 1. The van der Waals surface area contributed by atoms with Crippen LogP contribution < -0.4 is 0 Å². The summed E-state index contributed by atoms with van der Waals surface area (Å²) in [6.07, 6.45) is 7.46. The highest BCUT2D eigenvalue weighted by Gasteiger charge is 2.46. The van der Waals surface area contributed by atoms with Crippen LogP contribution in [0.2, 0.25) is 0 Å². The Labute approximate surface area is 159 Å². The first-order valence-electron chi connectivity index (χ1n) is 8.51. The normalized spacial score (nSPS) is 15.1. The van der Waals surface area contributed by atoms with E-state index in [1.165, 1.54) is 24.9 Å². The third-order valence-corrected chi connectivity index (χ3v) is 6.50. The minimum Gasteiger partial charge on any atom is -0.468 e. The molecule has 1 fully saturated rings. The molecule has 0 atom stereocenters. The van der Waals surface area contributed by atoms with Crippen molar-refractivity contribution in [1.82, 2.24) is 9.38 Å². The molecular weight excluding hydrogens is 365 g/mol. The molecule has 136 valence electrons. The molecule has 0 amide bonds. The second-order valence-electron chi connectivity index (χ2n) is 6.44. The van der Waals surface area contributed by atoms with Gasteiger partial charge in [-0.1, -0.05) is 0 Å². The average molecular weight is 381 g/mol. The van der Waals surface area contributed by atoms with Crippen LogP contribution in [0.1, 0.15) is 24.8 Å². The number of carbonyl (C=O) groups is 1.